The smallest absolute Gasteiger partial charge is 0.265 e. The quantitative estimate of drug-likeness (QED) is 0.369. The molecule has 1 aromatic heterocycles. The van der Waals surface area contributed by atoms with E-state index in [-0.39, 0.29) is 4.47 Å². The van der Waals surface area contributed by atoms with Gasteiger partial charge in [0.1, 0.15) is 0 Å². The van der Waals surface area contributed by atoms with Crippen LogP contribution in [0.2, 0.25) is 0 Å². The summed E-state index contributed by atoms with van der Waals surface area (Å²) >= 11 is 2.89. The first kappa shape index (κ1) is 26.8. The highest BCUT2D eigenvalue weighted by Gasteiger charge is 2.47. The van der Waals surface area contributed by atoms with Gasteiger partial charge in [0.2, 0.25) is 0 Å². The van der Waals surface area contributed by atoms with Gasteiger partial charge >= 0.3 is 11.0 Å². The maximum Gasteiger partial charge on any atom is 0.501 e. The predicted octanol–water partition coefficient (Wildman–Crippen LogP) is 5.78. The maximum absolute atomic E-state index is 12.5. The van der Waals surface area contributed by atoms with Gasteiger partial charge in [-0.1, -0.05) is 34.1 Å². The van der Waals surface area contributed by atoms with Crippen molar-refractivity contribution in [2.45, 2.75) is 20.8 Å². The lowest BCUT2D eigenvalue weighted by Gasteiger charge is -2.09. The molecule has 0 fully saturated rings. The first-order chi connectivity index (χ1) is 15.1. The van der Waals surface area contributed by atoms with Crippen molar-refractivity contribution in [2.24, 2.45) is 0 Å². The van der Waals surface area contributed by atoms with Gasteiger partial charge in [-0.15, -0.1) is 0 Å². The monoisotopic (exact) mass is 575 g/mol. The maximum atomic E-state index is 12.5. The number of benzene rings is 2. The number of rotatable bonds is 3. The van der Waals surface area contributed by atoms with Crippen molar-refractivity contribution < 1.29 is 43.2 Å². The molecule has 3 rings (SSSR count). The van der Waals surface area contributed by atoms with E-state index in [2.05, 4.69) is 20.9 Å². The Bertz CT molecular complexity index is 1330. The molecule has 33 heavy (non-hydrogen) atoms. The third-order valence-electron chi connectivity index (χ3n) is 3.87. The van der Waals surface area contributed by atoms with Gasteiger partial charge < -0.3 is 0 Å². The Morgan fingerprint density at radius 1 is 0.636 bits per heavy atom. The molecule has 0 radical (unpaired) electrons. The summed E-state index contributed by atoms with van der Waals surface area (Å²) in [5.41, 5.74) is -9.58. The van der Waals surface area contributed by atoms with Gasteiger partial charge in [0.25, 0.3) is 19.7 Å². The zero-order valence-corrected chi connectivity index (χ0v) is 19.2. The summed E-state index contributed by atoms with van der Waals surface area (Å²) in [5, 5.41) is 0. The van der Waals surface area contributed by atoms with E-state index < -0.39 is 40.5 Å². The molecule has 178 valence electrons. The lowest BCUT2D eigenvalue weighted by molar-refractivity contribution is -0.0442. The van der Waals surface area contributed by atoms with Crippen LogP contribution in [0, 0.1) is 0 Å². The number of nitrogens with zero attached hydrogens (tertiary/aromatic N) is 1. The van der Waals surface area contributed by atoms with Gasteiger partial charge in [-0.2, -0.15) is 26.3 Å². The van der Waals surface area contributed by atoms with E-state index in [4.69, 9.17) is 0 Å². The van der Waals surface area contributed by atoms with Gasteiger partial charge in [0.15, 0.2) is 0 Å². The topological polar surface area (TPSA) is 81.2 Å². The van der Waals surface area contributed by atoms with Crippen LogP contribution >= 0.6 is 15.9 Å². The van der Waals surface area contributed by atoms with Crippen molar-refractivity contribution in [3.63, 3.8) is 0 Å². The van der Waals surface area contributed by atoms with Crippen LogP contribution in [0.25, 0.3) is 11.1 Å². The summed E-state index contributed by atoms with van der Waals surface area (Å²) < 4.78 is 118. The Morgan fingerprint density at radius 3 is 1.55 bits per heavy atom. The average Bonchev–Trinajstić information content (AvgIpc) is 2.73. The minimum atomic E-state index is -5.32. The minimum Gasteiger partial charge on any atom is -0.265 e. The fourth-order valence-electron chi connectivity index (χ4n) is 2.29. The van der Waals surface area contributed by atoms with Crippen LogP contribution in [0.1, 0.15) is 0 Å². The van der Waals surface area contributed by atoms with E-state index >= 15 is 0 Å². The summed E-state index contributed by atoms with van der Waals surface area (Å²) in [6, 6.07) is 12.4. The standard InChI is InChI=1S/C12H8F3NO2S.C7H4BrF3O2S/c13-12(14,15)19(17,18)11-3-1-2-10(8-11)9-4-6-16-7-5-9;8-5-2-1-3-6(4-5)14(12,13)7(9,10)11/h1-8H;1-4H. The largest absolute Gasteiger partial charge is 0.501 e. The van der Waals surface area contributed by atoms with Crippen molar-refractivity contribution in [1.82, 2.24) is 4.98 Å². The predicted molar refractivity (Wildman–Crippen MR) is 110 cm³/mol. The molecule has 0 aliphatic heterocycles. The zero-order chi connectivity index (χ0) is 25.1. The number of aromatic nitrogens is 1. The van der Waals surface area contributed by atoms with E-state index in [9.17, 15) is 43.2 Å². The molecular weight excluding hydrogens is 564 g/mol. The molecule has 3 aromatic rings. The van der Waals surface area contributed by atoms with Crippen LogP contribution in [0.15, 0.2) is 87.3 Å². The lowest BCUT2D eigenvalue weighted by Crippen LogP contribution is -2.23. The van der Waals surface area contributed by atoms with E-state index in [1.807, 2.05) is 0 Å². The fraction of sp³-hybridized carbons (Fsp3) is 0.105. The van der Waals surface area contributed by atoms with E-state index in [0.29, 0.717) is 11.1 Å². The molecule has 14 heteroatoms. The molecule has 0 spiro atoms. The van der Waals surface area contributed by atoms with E-state index in [1.165, 1.54) is 36.7 Å². The Morgan fingerprint density at radius 2 is 1.09 bits per heavy atom. The van der Waals surface area contributed by atoms with Crippen LogP contribution in [0.5, 0.6) is 0 Å². The summed E-state index contributed by atoms with van der Waals surface area (Å²) in [5.74, 6) is 0. The average molecular weight is 576 g/mol. The summed E-state index contributed by atoms with van der Waals surface area (Å²) in [4.78, 5) is 2.25. The fourth-order valence-corrected chi connectivity index (χ4v) is 4.45. The van der Waals surface area contributed by atoms with Crippen LogP contribution in [-0.2, 0) is 19.7 Å². The second-order valence-corrected chi connectivity index (χ2v) is 10.9. The number of sulfone groups is 2. The van der Waals surface area contributed by atoms with Crippen molar-refractivity contribution in [1.29, 1.82) is 0 Å². The zero-order valence-electron chi connectivity index (χ0n) is 16.0. The second kappa shape index (κ2) is 9.81. The Balaban J connectivity index is 0.000000245. The summed E-state index contributed by atoms with van der Waals surface area (Å²) in [7, 11) is -10.6. The van der Waals surface area contributed by atoms with Crippen LogP contribution in [0.4, 0.5) is 26.3 Å². The van der Waals surface area contributed by atoms with E-state index in [1.54, 1.807) is 12.1 Å². The molecule has 0 saturated heterocycles. The van der Waals surface area contributed by atoms with Crippen LogP contribution < -0.4 is 0 Å². The van der Waals surface area contributed by atoms with Crippen molar-refractivity contribution >= 4 is 35.6 Å². The lowest BCUT2D eigenvalue weighted by atomic mass is 10.1. The highest BCUT2D eigenvalue weighted by molar-refractivity contribution is 9.10. The van der Waals surface area contributed by atoms with Crippen molar-refractivity contribution in [2.75, 3.05) is 0 Å². The van der Waals surface area contributed by atoms with Gasteiger partial charge in [0, 0.05) is 16.9 Å². The van der Waals surface area contributed by atoms with Crippen LogP contribution in [-0.4, -0.2) is 32.8 Å². The molecule has 1 heterocycles. The van der Waals surface area contributed by atoms with Crippen molar-refractivity contribution in [3.8, 4) is 11.1 Å². The molecular formula is C19H12BrF6NO4S2. The highest BCUT2D eigenvalue weighted by Crippen LogP contribution is 2.32. The summed E-state index contributed by atoms with van der Waals surface area (Å²) in [6.07, 6.45) is 2.94. The molecule has 2 aromatic carbocycles. The first-order valence-electron chi connectivity index (χ1n) is 8.46. The summed E-state index contributed by atoms with van der Waals surface area (Å²) in [6.45, 7) is 0. The van der Waals surface area contributed by atoms with Gasteiger partial charge in [0.05, 0.1) is 9.79 Å². The molecule has 0 aliphatic carbocycles. The van der Waals surface area contributed by atoms with Gasteiger partial charge in [-0.25, -0.2) is 16.8 Å². The minimum absolute atomic E-state index is 0.280. The molecule has 0 saturated carbocycles. The third-order valence-corrected chi connectivity index (χ3v) is 7.33. The molecule has 0 atom stereocenters. The second-order valence-electron chi connectivity index (χ2n) is 6.12. The molecule has 0 N–H and O–H groups in total. The highest BCUT2D eigenvalue weighted by atomic mass is 79.9. The Kier molecular flexibility index (Phi) is 7.97. The first-order valence-corrected chi connectivity index (χ1v) is 12.2. The Labute approximate surface area is 193 Å². The normalized spacial score (nSPS) is 12.6. The SMILES string of the molecule is O=S(=O)(c1cccc(-c2ccncc2)c1)C(F)(F)F.O=S(=O)(c1cccc(Br)c1)C(F)(F)F. The number of hydrogen-bond acceptors (Lipinski definition) is 5. The third kappa shape index (κ3) is 6.32. The number of halogens is 7. The molecule has 0 unspecified atom stereocenters. The molecule has 0 amide bonds. The molecule has 0 bridgehead atoms. The molecule has 5 nitrogen and oxygen atoms in total. The van der Waals surface area contributed by atoms with Gasteiger partial charge in [-0.05, 0) is 53.6 Å². The van der Waals surface area contributed by atoms with Gasteiger partial charge in [-0.3, -0.25) is 4.98 Å². The molecule has 0 aliphatic rings. The van der Waals surface area contributed by atoms with E-state index in [0.717, 1.165) is 24.3 Å². The van der Waals surface area contributed by atoms with Crippen LogP contribution in [0.3, 0.4) is 0 Å². The Hall–Kier alpha value is -2.45. The number of hydrogen-bond donors (Lipinski definition) is 0. The number of alkyl halides is 6. The number of pyridine rings is 1. The van der Waals surface area contributed by atoms with Crippen molar-refractivity contribution in [3.05, 3.63) is 77.5 Å².